The van der Waals surface area contributed by atoms with Gasteiger partial charge in [0.15, 0.2) is 11.3 Å². The molecule has 0 spiro atoms. The van der Waals surface area contributed by atoms with Gasteiger partial charge in [0.2, 0.25) is 0 Å². The monoisotopic (exact) mass is 568 g/mol. The smallest absolute Gasteiger partial charge is 0.307 e. The van der Waals surface area contributed by atoms with Crippen LogP contribution < -0.4 is 10.6 Å². The highest BCUT2D eigenvalue weighted by Crippen LogP contribution is 2.55. The number of carbonyl (C=O) groups excluding carboxylic acids is 2. The summed E-state index contributed by atoms with van der Waals surface area (Å²) in [5.41, 5.74) is 3.58. The maximum atomic E-state index is 13.8. The Kier molecular flexibility index (Phi) is 9.10. The van der Waals surface area contributed by atoms with Crippen molar-refractivity contribution in [3.63, 3.8) is 0 Å². The van der Waals surface area contributed by atoms with Crippen LogP contribution in [0.15, 0.2) is 72.8 Å². The lowest BCUT2D eigenvalue weighted by Gasteiger charge is -2.45. The van der Waals surface area contributed by atoms with Crippen molar-refractivity contribution in [2.45, 2.75) is 102 Å². The largest absolute Gasteiger partial charge is 0.322 e. The number of benzene rings is 2. The van der Waals surface area contributed by atoms with E-state index in [1.807, 2.05) is 0 Å². The number of urea groups is 2. The average molecular weight is 569 g/mol. The number of nitrogens with one attached hydrogen (secondary N) is 2. The van der Waals surface area contributed by atoms with Crippen LogP contribution >= 0.6 is 0 Å². The van der Waals surface area contributed by atoms with Gasteiger partial charge >= 0.3 is 12.1 Å². The molecule has 6 nitrogen and oxygen atoms in total. The molecule has 3 heterocycles. The third-order valence-electron chi connectivity index (χ3n) is 9.46. The van der Waals surface area contributed by atoms with Crippen LogP contribution in [0.4, 0.5) is 9.59 Å². The van der Waals surface area contributed by atoms with E-state index in [0.29, 0.717) is 13.1 Å². The van der Waals surface area contributed by atoms with Crippen molar-refractivity contribution in [2.75, 3.05) is 13.1 Å². The van der Waals surface area contributed by atoms with E-state index in [1.54, 1.807) is 9.80 Å². The van der Waals surface area contributed by atoms with Crippen LogP contribution in [0.3, 0.4) is 0 Å². The van der Waals surface area contributed by atoms with Gasteiger partial charge in [0.25, 0.3) is 0 Å². The van der Waals surface area contributed by atoms with E-state index in [0.717, 1.165) is 41.5 Å². The Morgan fingerprint density at radius 2 is 1.02 bits per heavy atom. The second kappa shape index (κ2) is 12.8. The first-order chi connectivity index (χ1) is 20.4. The Balaban J connectivity index is 1.51. The van der Waals surface area contributed by atoms with Crippen LogP contribution in [-0.4, -0.2) is 35.0 Å². The molecule has 3 saturated heterocycles. The molecule has 2 aromatic carbocycles. The normalized spacial score (nSPS) is 23.2. The van der Waals surface area contributed by atoms with Gasteiger partial charge in [0.05, 0.1) is 0 Å². The Morgan fingerprint density at radius 1 is 0.619 bits per heavy atom. The molecule has 6 heteroatoms. The van der Waals surface area contributed by atoms with E-state index in [9.17, 15) is 9.59 Å². The topological polar surface area (TPSA) is 64.7 Å². The van der Waals surface area contributed by atoms with Gasteiger partial charge in [-0.2, -0.15) is 0 Å². The molecule has 2 aromatic rings. The minimum absolute atomic E-state index is 0.226. The Labute approximate surface area is 252 Å². The maximum absolute atomic E-state index is 13.8. The summed E-state index contributed by atoms with van der Waals surface area (Å²) in [5, 5.41) is 6.49. The van der Waals surface area contributed by atoms with Crippen LogP contribution in [0.1, 0.15) is 100 Å². The van der Waals surface area contributed by atoms with Crippen LogP contribution in [0, 0.1) is 0 Å². The summed E-state index contributed by atoms with van der Waals surface area (Å²) >= 11 is 0. The molecular formula is C36H48N4O2. The molecule has 0 atom stereocenters. The summed E-state index contributed by atoms with van der Waals surface area (Å²) in [6.45, 7) is 13.5. The third kappa shape index (κ3) is 5.25. The van der Waals surface area contributed by atoms with Crippen molar-refractivity contribution in [3.05, 3.63) is 95.1 Å². The lowest BCUT2D eigenvalue weighted by Crippen LogP contribution is -2.62. The zero-order chi connectivity index (χ0) is 29.7. The van der Waals surface area contributed by atoms with Crippen LogP contribution in [0.5, 0.6) is 0 Å². The maximum Gasteiger partial charge on any atom is 0.322 e. The molecule has 5 rings (SSSR count). The average Bonchev–Trinajstić information content (AvgIpc) is 3.32. The lowest BCUT2D eigenvalue weighted by molar-refractivity contribution is 0.00343. The highest BCUT2D eigenvalue weighted by Gasteiger charge is 2.74. The fourth-order valence-electron chi connectivity index (χ4n) is 7.05. The molecule has 3 aliphatic heterocycles. The summed E-state index contributed by atoms with van der Waals surface area (Å²) in [5.74, 6) is 0. The molecule has 3 fully saturated rings. The van der Waals surface area contributed by atoms with E-state index in [2.05, 4.69) is 86.2 Å². The molecule has 0 radical (unpaired) electrons. The molecule has 0 unspecified atom stereocenters. The van der Waals surface area contributed by atoms with Gasteiger partial charge in [0, 0.05) is 24.2 Å². The standard InChI is InChI=1S/C36H48N4O2/c1-5-7-9-11-13-15-29-17-21-31(22-18-29)35-36(32-23-19-30(20-24-32)16-14-12-10-8-6-2)39(33(41)37-35)25-27(3)28(4)26-40(36)34(42)38-35/h17-24H,3-16,25-26H2,1-2H3,(H,37,41)(H,38,42). The molecule has 0 saturated carbocycles. The van der Waals surface area contributed by atoms with Gasteiger partial charge in [0.1, 0.15) is 0 Å². The van der Waals surface area contributed by atoms with Crippen LogP contribution in [-0.2, 0) is 24.2 Å². The van der Waals surface area contributed by atoms with Gasteiger partial charge in [-0.15, -0.1) is 0 Å². The first-order valence-corrected chi connectivity index (χ1v) is 16.1. The van der Waals surface area contributed by atoms with E-state index < -0.39 is 11.3 Å². The number of hydrogen-bond donors (Lipinski definition) is 2. The molecule has 0 bridgehead atoms. The van der Waals surface area contributed by atoms with E-state index in [-0.39, 0.29) is 12.1 Å². The minimum Gasteiger partial charge on any atom is -0.307 e. The molecule has 4 amide bonds. The van der Waals surface area contributed by atoms with Gasteiger partial charge < -0.3 is 10.6 Å². The van der Waals surface area contributed by atoms with Gasteiger partial charge in [-0.1, -0.05) is 127 Å². The highest BCUT2D eigenvalue weighted by molar-refractivity contribution is 5.90. The molecule has 42 heavy (non-hydrogen) atoms. The number of hydrogen-bond acceptors (Lipinski definition) is 2. The van der Waals surface area contributed by atoms with Crippen molar-refractivity contribution < 1.29 is 9.59 Å². The molecular weight excluding hydrogens is 520 g/mol. The second-order valence-corrected chi connectivity index (χ2v) is 12.4. The van der Waals surface area contributed by atoms with Crippen molar-refractivity contribution in [2.24, 2.45) is 0 Å². The predicted octanol–water partition coefficient (Wildman–Crippen LogP) is 7.89. The Bertz CT molecular complexity index is 1260. The number of carbonyl (C=O) groups is 2. The van der Waals surface area contributed by atoms with Crippen LogP contribution in [0.25, 0.3) is 0 Å². The lowest BCUT2D eigenvalue weighted by atomic mass is 9.80. The van der Waals surface area contributed by atoms with Crippen molar-refractivity contribution >= 4 is 12.1 Å². The number of amides is 4. The predicted molar refractivity (Wildman–Crippen MR) is 170 cm³/mol. The zero-order valence-corrected chi connectivity index (χ0v) is 25.6. The van der Waals surface area contributed by atoms with E-state index >= 15 is 0 Å². The fourth-order valence-corrected chi connectivity index (χ4v) is 7.05. The number of rotatable bonds is 14. The summed E-state index contributed by atoms with van der Waals surface area (Å²) in [4.78, 5) is 31.2. The number of unbranched alkanes of at least 4 members (excludes halogenated alkanes) is 8. The molecule has 3 aliphatic rings. The van der Waals surface area contributed by atoms with Crippen molar-refractivity contribution in [1.29, 1.82) is 0 Å². The summed E-state index contributed by atoms with van der Waals surface area (Å²) in [7, 11) is 0. The quantitative estimate of drug-likeness (QED) is 0.228. The van der Waals surface area contributed by atoms with Crippen LogP contribution in [0.2, 0.25) is 0 Å². The Hall–Kier alpha value is -3.54. The van der Waals surface area contributed by atoms with E-state index in [4.69, 9.17) is 0 Å². The highest BCUT2D eigenvalue weighted by atomic mass is 16.2. The minimum atomic E-state index is -1.16. The van der Waals surface area contributed by atoms with Gasteiger partial charge in [-0.3, -0.25) is 9.80 Å². The molecule has 224 valence electrons. The summed E-state index contributed by atoms with van der Waals surface area (Å²) in [6, 6.07) is 16.6. The Morgan fingerprint density at radius 3 is 1.45 bits per heavy atom. The fraction of sp³-hybridized carbons (Fsp3) is 0.500. The molecule has 2 N–H and O–H groups in total. The molecule has 0 aromatic heterocycles. The number of nitrogens with zero attached hydrogens (tertiary/aromatic N) is 2. The van der Waals surface area contributed by atoms with Gasteiger partial charge in [-0.25, -0.2) is 9.59 Å². The zero-order valence-electron chi connectivity index (χ0n) is 25.6. The van der Waals surface area contributed by atoms with Crippen molar-refractivity contribution in [1.82, 2.24) is 20.4 Å². The van der Waals surface area contributed by atoms with Gasteiger partial charge in [-0.05, 0) is 48.0 Å². The third-order valence-corrected chi connectivity index (χ3v) is 9.46. The first kappa shape index (κ1) is 29.9. The number of aryl methyl sites for hydroxylation is 2. The second-order valence-electron chi connectivity index (χ2n) is 12.4. The van der Waals surface area contributed by atoms with E-state index in [1.165, 1.54) is 68.9 Å². The summed E-state index contributed by atoms with van der Waals surface area (Å²) < 4.78 is 0. The molecule has 0 aliphatic carbocycles. The first-order valence-electron chi connectivity index (χ1n) is 16.1. The van der Waals surface area contributed by atoms with Crippen molar-refractivity contribution in [3.8, 4) is 0 Å². The summed E-state index contributed by atoms with van der Waals surface area (Å²) in [6.07, 6.45) is 14.5. The SMILES string of the molecule is C=C1CN2C(=O)NC3(c4ccc(CCCCCCC)cc4)NC(=O)N(CC1=C)C23c1ccc(CCCCCCC)cc1.